The summed E-state index contributed by atoms with van der Waals surface area (Å²) in [7, 11) is 0. The molecule has 158 valence electrons. The molecule has 1 aliphatic carbocycles. The fraction of sp³-hybridized carbons (Fsp3) is 0.300. The van der Waals surface area contributed by atoms with Gasteiger partial charge in [0.2, 0.25) is 0 Å². The lowest BCUT2D eigenvalue weighted by Gasteiger charge is -2.41. The summed E-state index contributed by atoms with van der Waals surface area (Å²) in [4.78, 5) is 14.7. The predicted molar refractivity (Wildman–Crippen MR) is 103 cm³/mol. The number of aliphatic hydroxyl groups is 1. The highest BCUT2D eigenvalue weighted by molar-refractivity contribution is 6.33. The summed E-state index contributed by atoms with van der Waals surface area (Å²) in [5.41, 5.74) is -2.44. The molecule has 1 aliphatic rings. The molecule has 0 amide bonds. The Kier molecular flexibility index (Phi) is 4.70. The van der Waals surface area contributed by atoms with Crippen LogP contribution in [0.25, 0.3) is 22.4 Å². The number of aromatic amines is 1. The van der Waals surface area contributed by atoms with Crippen molar-refractivity contribution >= 4 is 17.6 Å². The van der Waals surface area contributed by atoms with E-state index in [4.69, 9.17) is 11.6 Å². The molecule has 0 bridgehead atoms. The van der Waals surface area contributed by atoms with Crippen molar-refractivity contribution in [2.45, 2.75) is 37.6 Å². The first-order valence-corrected chi connectivity index (χ1v) is 9.44. The van der Waals surface area contributed by atoms with E-state index >= 15 is 0 Å². The maximum absolute atomic E-state index is 14.0. The average molecular weight is 440 g/mol. The number of carboxylic acid groups (broad SMARTS) is 1. The van der Waals surface area contributed by atoms with Crippen LogP contribution >= 0.6 is 11.6 Å². The van der Waals surface area contributed by atoms with Crippen LogP contribution in [0, 0.1) is 0 Å². The van der Waals surface area contributed by atoms with E-state index in [1.807, 2.05) is 0 Å². The molecule has 2 aromatic heterocycles. The van der Waals surface area contributed by atoms with Crippen molar-refractivity contribution in [2.75, 3.05) is 0 Å². The third-order valence-corrected chi connectivity index (χ3v) is 5.62. The molecule has 0 atom stereocenters. The Labute approximate surface area is 173 Å². The van der Waals surface area contributed by atoms with Crippen LogP contribution in [-0.4, -0.2) is 36.5 Å². The number of alkyl halides is 3. The minimum Gasteiger partial charge on any atom is -0.478 e. The van der Waals surface area contributed by atoms with Crippen molar-refractivity contribution in [2.24, 2.45) is 0 Å². The average Bonchev–Trinajstić information content (AvgIpc) is 3.23. The minimum atomic E-state index is -4.78. The van der Waals surface area contributed by atoms with Crippen molar-refractivity contribution in [3.8, 4) is 22.4 Å². The zero-order chi connectivity index (χ0) is 21.8. The molecule has 0 aliphatic heterocycles. The van der Waals surface area contributed by atoms with Crippen molar-refractivity contribution < 1.29 is 28.2 Å². The van der Waals surface area contributed by atoms with Crippen LogP contribution in [0.2, 0.25) is 5.02 Å². The Morgan fingerprint density at radius 1 is 1.27 bits per heavy atom. The number of benzene rings is 1. The molecule has 1 aromatic carbocycles. The molecule has 0 spiro atoms. The van der Waals surface area contributed by atoms with E-state index in [0.29, 0.717) is 5.56 Å². The predicted octanol–water partition coefficient (Wildman–Crippen LogP) is 5.00. The van der Waals surface area contributed by atoms with Gasteiger partial charge in [0.05, 0.1) is 29.1 Å². The molecule has 2 heterocycles. The Bertz CT molecular complexity index is 1130. The van der Waals surface area contributed by atoms with Crippen LogP contribution in [0.15, 0.2) is 36.7 Å². The topological polar surface area (TPSA) is 91.1 Å². The number of hydrogen-bond acceptors (Lipinski definition) is 3. The fourth-order valence-electron chi connectivity index (χ4n) is 3.98. The van der Waals surface area contributed by atoms with Gasteiger partial charge >= 0.3 is 12.1 Å². The molecule has 4 rings (SSSR count). The number of carbonyl (C=O) groups is 1. The molecule has 10 heteroatoms. The zero-order valence-corrected chi connectivity index (χ0v) is 16.4. The monoisotopic (exact) mass is 439 g/mol. The Balaban J connectivity index is 1.89. The Morgan fingerprint density at radius 3 is 2.50 bits per heavy atom. The molecule has 3 aromatic rings. The maximum Gasteiger partial charge on any atom is 0.433 e. The number of nitrogens with zero attached hydrogens (tertiary/aromatic N) is 2. The van der Waals surface area contributed by atoms with E-state index in [0.717, 1.165) is 10.9 Å². The number of rotatable bonds is 4. The van der Waals surface area contributed by atoms with E-state index in [9.17, 15) is 28.2 Å². The molecule has 0 radical (unpaired) electrons. The molecular formula is C20H17ClF3N3O3. The molecule has 3 N–H and O–H groups in total. The first kappa shape index (κ1) is 20.5. The fourth-order valence-corrected chi connectivity index (χ4v) is 4.22. The number of aromatic carboxylic acids is 1. The second-order valence-corrected chi connectivity index (χ2v) is 8.05. The lowest BCUT2D eigenvalue weighted by atomic mass is 9.77. The second kappa shape index (κ2) is 6.88. The van der Waals surface area contributed by atoms with Crippen LogP contribution in [0.3, 0.4) is 0 Å². The number of hydrogen-bond donors (Lipinski definition) is 3. The van der Waals surface area contributed by atoms with Crippen LogP contribution < -0.4 is 0 Å². The van der Waals surface area contributed by atoms with Gasteiger partial charge in [-0.2, -0.15) is 18.3 Å². The second-order valence-electron chi connectivity index (χ2n) is 7.65. The quantitative estimate of drug-likeness (QED) is 0.533. The number of halogens is 4. The van der Waals surface area contributed by atoms with Gasteiger partial charge < -0.3 is 15.2 Å². The summed E-state index contributed by atoms with van der Waals surface area (Å²) in [6, 6.07) is 5.85. The van der Waals surface area contributed by atoms with Crippen LogP contribution in [0.4, 0.5) is 13.2 Å². The van der Waals surface area contributed by atoms with Crippen molar-refractivity contribution in [3.63, 3.8) is 0 Å². The summed E-state index contributed by atoms with van der Waals surface area (Å²) < 4.78 is 42.7. The molecular weight excluding hydrogens is 423 g/mol. The van der Waals surface area contributed by atoms with Crippen LogP contribution in [0.1, 0.15) is 41.9 Å². The number of nitrogens with one attached hydrogen (secondary N) is 1. The summed E-state index contributed by atoms with van der Waals surface area (Å²) in [6.07, 6.45) is -2.20. The highest BCUT2D eigenvalue weighted by atomic mass is 35.5. The molecule has 0 saturated heterocycles. The minimum absolute atomic E-state index is 0.124. The molecule has 1 saturated carbocycles. The van der Waals surface area contributed by atoms with E-state index in [1.165, 1.54) is 6.20 Å². The number of carboxylic acids is 1. The molecule has 6 nitrogen and oxygen atoms in total. The standard InChI is InChI=1S/C20H17ClF3N3O3/c1-19(30)6-10(7-19)27-17(20(22,23)24)13(9-26-27)16-15(18(28)29)12(8-25-16)11-4-2-3-5-14(11)21/h2-5,8-10,25,30H,6-7H2,1H3,(H,28,29). The summed E-state index contributed by atoms with van der Waals surface area (Å²) in [6.45, 7) is 1.55. The molecule has 0 unspecified atom stereocenters. The van der Waals surface area contributed by atoms with E-state index in [2.05, 4.69) is 10.1 Å². The molecule has 1 fully saturated rings. The van der Waals surface area contributed by atoms with Gasteiger partial charge in [-0.25, -0.2) is 4.79 Å². The lowest BCUT2D eigenvalue weighted by molar-refractivity contribution is -0.148. The highest BCUT2D eigenvalue weighted by Crippen LogP contribution is 2.47. The van der Waals surface area contributed by atoms with Gasteiger partial charge in [0, 0.05) is 27.9 Å². The van der Waals surface area contributed by atoms with Crippen LogP contribution in [-0.2, 0) is 6.18 Å². The van der Waals surface area contributed by atoms with Crippen molar-refractivity contribution in [1.82, 2.24) is 14.8 Å². The molecule has 30 heavy (non-hydrogen) atoms. The van der Waals surface area contributed by atoms with Gasteiger partial charge in [0.1, 0.15) is 0 Å². The largest absolute Gasteiger partial charge is 0.478 e. The van der Waals surface area contributed by atoms with E-state index in [1.54, 1.807) is 31.2 Å². The summed E-state index contributed by atoms with van der Waals surface area (Å²) in [5, 5.41) is 23.9. The summed E-state index contributed by atoms with van der Waals surface area (Å²) in [5.74, 6) is -1.39. The Hall–Kier alpha value is -2.78. The van der Waals surface area contributed by atoms with Gasteiger partial charge in [-0.1, -0.05) is 29.8 Å². The summed E-state index contributed by atoms with van der Waals surface area (Å²) >= 11 is 6.17. The van der Waals surface area contributed by atoms with Gasteiger partial charge in [-0.15, -0.1) is 0 Å². The first-order chi connectivity index (χ1) is 14.0. The normalized spacial score (nSPS) is 21.5. The van der Waals surface area contributed by atoms with Gasteiger partial charge in [0.25, 0.3) is 0 Å². The van der Waals surface area contributed by atoms with Gasteiger partial charge in [-0.3, -0.25) is 4.68 Å². The van der Waals surface area contributed by atoms with Gasteiger partial charge in [-0.05, 0) is 25.8 Å². The lowest BCUT2D eigenvalue weighted by Crippen LogP contribution is -2.43. The Morgan fingerprint density at radius 2 is 1.93 bits per heavy atom. The maximum atomic E-state index is 14.0. The number of H-pyrrole nitrogens is 1. The van der Waals surface area contributed by atoms with E-state index in [-0.39, 0.29) is 40.2 Å². The van der Waals surface area contributed by atoms with Gasteiger partial charge in [0.15, 0.2) is 5.69 Å². The third kappa shape index (κ3) is 3.37. The first-order valence-electron chi connectivity index (χ1n) is 9.06. The van der Waals surface area contributed by atoms with Crippen molar-refractivity contribution in [3.05, 3.63) is 52.9 Å². The zero-order valence-electron chi connectivity index (χ0n) is 15.7. The van der Waals surface area contributed by atoms with E-state index < -0.39 is 29.5 Å². The smallest absolute Gasteiger partial charge is 0.433 e. The van der Waals surface area contributed by atoms with Crippen molar-refractivity contribution in [1.29, 1.82) is 0 Å². The highest BCUT2D eigenvalue weighted by Gasteiger charge is 2.46. The third-order valence-electron chi connectivity index (χ3n) is 5.29. The van der Waals surface area contributed by atoms with Crippen LogP contribution in [0.5, 0.6) is 0 Å². The SMILES string of the molecule is CC1(O)CC(n2ncc(-c3[nH]cc(-c4ccccc4Cl)c3C(=O)O)c2C(F)(F)F)C1. The number of aromatic nitrogens is 3.